The second kappa shape index (κ2) is 70.9. The molecule has 3 aliphatic rings. The second-order valence-corrected chi connectivity index (χ2v) is 32.7. The van der Waals surface area contributed by atoms with Crippen LogP contribution in [0.5, 0.6) is 0 Å². The van der Waals surface area contributed by atoms with Gasteiger partial charge in [0, 0.05) is 6.42 Å². The molecule has 0 aliphatic carbocycles. The number of unbranched alkanes of at least 4 members (excludes halogenated alkanes) is 53. The van der Waals surface area contributed by atoms with E-state index in [1.54, 1.807) is 6.08 Å². The van der Waals surface area contributed by atoms with Crippen molar-refractivity contribution in [1.29, 1.82) is 0 Å². The van der Waals surface area contributed by atoms with Gasteiger partial charge in [0.15, 0.2) is 18.9 Å². The van der Waals surface area contributed by atoms with Gasteiger partial charge in [-0.05, 0) is 70.6 Å². The van der Waals surface area contributed by atoms with Crippen LogP contribution in [0, 0.1) is 0 Å². The zero-order chi connectivity index (χ0) is 79.5. The Kier molecular flexibility index (Phi) is 65.7. The summed E-state index contributed by atoms with van der Waals surface area (Å²) in [7, 11) is 0. The number of carbonyl (C=O) groups excluding carboxylic acids is 1. The maximum Gasteiger partial charge on any atom is 0.220 e. The van der Waals surface area contributed by atoms with Crippen molar-refractivity contribution in [3.05, 3.63) is 48.6 Å². The fraction of sp³-hybridized carbons (Fsp3) is 0.901. The summed E-state index contributed by atoms with van der Waals surface area (Å²) in [6.45, 7) is 1.77. The lowest BCUT2D eigenvalue weighted by Gasteiger charge is -2.48. The predicted octanol–water partition coefficient (Wildman–Crippen LogP) is 17.6. The molecule has 3 heterocycles. The number of allylic oxidation sites excluding steroid dienone is 7. The molecule has 1 amide bonds. The van der Waals surface area contributed by atoms with Crippen LogP contribution in [0.15, 0.2) is 48.6 Å². The molecule has 0 aromatic rings. The molecule has 19 heteroatoms. The number of carbonyl (C=O) groups is 1. The zero-order valence-electron chi connectivity index (χ0n) is 69.8. The van der Waals surface area contributed by atoms with E-state index in [0.29, 0.717) is 12.8 Å². The fourth-order valence-electron chi connectivity index (χ4n) is 15.5. The minimum atomic E-state index is -1.98. The first kappa shape index (κ1) is 102. The van der Waals surface area contributed by atoms with Gasteiger partial charge in [-0.25, -0.2) is 0 Å². The van der Waals surface area contributed by atoms with Gasteiger partial charge in [-0.3, -0.25) is 4.79 Å². The molecule has 110 heavy (non-hydrogen) atoms. The van der Waals surface area contributed by atoms with Gasteiger partial charge in [-0.1, -0.05) is 364 Å². The van der Waals surface area contributed by atoms with Crippen LogP contribution in [-0.4, -0.2) is 193 Å². The third kappa shape index (κ3) is 49.1. The van der Waals surface area contributed by atoms with E-state index in [9.17, 15) is 61.0 Å². The van der Waals surface area contributed by atoms with Crippen molar-refractivity contribution >= 4 is 5.91 Å². The summed E-state index contributed by atoms with van der Waals surface area (Å²) in [4.78, 5) is 13.5. The number of aliphatic hydroxyl groups is 11. The molecule has 0 aromatic carbocycles. The Balaban J connectivity index is 1.33. The SMILES string of the molecule is CCCCCCCCCC/C=C\CCCCCCCCCCCCCCCCCCCCCCCCCC(=O)NC(COC1OC(CO)C(OC2OC(CO)C(OC3OC(CO)C(O)C(O)C3O)C(O)C2O)C(O)C1O)C(O)/C=C/CC/C=C/CC/C=C/CCCCCCCCCCCCCCCCCCCCCC. The number of rotatable bonds is 75. The Labute approximate surface area is 669 Å². The number of aliphatic hydroxyl groups excluding tert-OH is 11. The van der Waals surface area contributed by atoms with Crippen molar-refractivity contribution in [3.63, 3.8) is 0 Å². The van der Waals surface area contributed by atoms with Gasteiger partial charge in [0.05, 0.1) is 38.6 Å². The molecule has 17 unspecified atom stereocenters. The highest BCUT2D eigenvalue weighted by molar-refractivity contribution is 5.76. The van der Waals surface area contributed by atoms with Crippen molar-refractivity contribution in [3.8, 4) is 0 Å². The highest BCUT2D eigenvalue weighted by Crippen LogP contribution is 2.34. The molecule has 0 aromatic heterocycles. The van der Waals surface area contributed by atoms with Gasteiger partial charge >= 0.3 is 0 Å². The van der Waals surface area contributed by atoms with Crippen LogP contribution in [-0.2, 0) is 33.2 Å². The van der Waals surface area contributed by atoms with Gasteiger partial charge in [0.25, 0.3) is 0 Å². The maximum absolute atomic E-state index is 13.5. The smallest absolute Gasteiger partial charge is 0.220 e. The Hall–Kier alpha value is -2.25. The molecular weight excluding hydrogens is 1390 g/mol. The molecule has 646 valence electrons. The number of nitrogens with one attached hydrogen (secondary N) is 1. The lowest BCUT2D eigenvalue weighted by Crippen LogP contribution is -2.66. The third-order valence-electron chi connectivity index (χ3n) is 22.8. The second-order valence-electron chi connectivity index (χ2n) is 32.7. The molecule has 3 aliphatic heterocycles. The van der Waals surface area contributed by atoms with E-state index < -0.39 is 124 Å². The Morgan fingerprint density at radius 3 is 0.909 bits per heavy atom. The summed E-state index contributed by atoms with van der Waals surface area (Å²) in [6.07, 6.45) is 65.7. The van der Waals surface area contributed by atoms with Crippen LogP contribution in [0.1, 0.15) is 393 Å². The van der Waals surface area contributed by atoms with Gasteiger partial charge in [0.2, 0.25) is 5.91 Å². The van der Waals surface area contributed by atoms with Crippen molar-refractivity contribution in [2.75, 3.05) is 26.4 Å². The largest absolute Gasteiger partial charge is 0.394 e. The lowest BCUT2D eigenvalue weighted by atomic mass is 9.96. The summed E-state index contributed by atoms with van der Waals surface area (Å²) in [5.74, 6) is -0.282. The molecule has 0 spiro atoms. The quantitative estimate of drug-likeness (QED) is 0.0199. The number of hydrogen-bond acceptors (Lipinski definition) is 18. The molecule has 17 atom stereocenters. The monoisotopic (exact) mass is 1560 g/mol. The molecule has 3 rings (SSSR count). The van der Waals surface area contributed by atoms with Crippen molar-refractivity contribution in [1.82, 2.24) is 5.32 Å². The number of ether oxygens (including phenoxy) is 6. The highest BCUT2D eigenvalue weighted by Gasteiger charge is 2.54. The van der Waals surface area contributed by atoms with Crippen LogP contribution in [0.3, 0.4) is 0 Å². The van der Waals surface area contributed by atoms with Crippen molar-refractivity contribution in [2.24, 2.45) is 0 Å². The van der Waals surface area contributed by atoms with E-state index in [-0.39, 0.29) is 18.9 Å². The van der Waals surface area contributed by atoms with Crippen LogP contribution < -0.4 is 5.32 Å². The Morgan fingerprint density at radius 2 is 0.582 bits per heavy atom. The number of amides is 1. The third-order valence-corrected chi connectivity index (χ3v) is 22.8. The number of hydrogen-bond donors (Lipinski definition) is 12. The summed E-state index contributed by atoms with van der Waals surface area (Å²) in [5.41, 5.74) is 0. The summed E-state index contributed by atoms with van der Waals surface area (Å²) < 4.78 is 34.5. The lowest BCUT2D eigenvalue weighted by molar-refractivity contribution is -0.379. The van der Waals surface area contributed by atoms with Gasteiger partial charge in [-0.15, -0.1) is 0 Å². The van der Waals surface area contributed by atoms with E-state index >= 15 is 0 Å². The summed E-state index contributed by atoms with van der Waals surface area (Å²) in [6, 6.07) is -0.998. The average molecular weight is 1570 g/mol. The van der Waals surface area contributed by atoms with E-state index in [0.717, 1.165) is 44.9 Å². The highest BCUT2D eigenvalue weighted by atomic mass is 16.8. The first-order valence-electron chi connectivity index (χ1n) is 45.9. The summed E-state index contributed by atoms with van der Waals surface area (Å²) in [5, 5.41) is 121. The average Bonchev–Trinajstić information content (AvgIpc) is 0.795. The Bertz CT molecular complexity index is 2170. The standard InChI is InChI=1S/C91H169NO18/c1-3-5-7-9-11-13-15-17-19-21-23-25-27-29-31-33-35-36-37-38-39-41-43-45-47-49-51-53-55-57-59-61-63-65-67-69-79(97)92-74(75(96)68-66-64-62-60-58-56-54-52-50-48-46-44-42-40-34-32-30-28-26-24-22-20-18-16-14-12-10-8-6-4-2)73-105-89-85(103)82(100)87(77(71-94)107-89)110-91-86(104)83(101)88(78(72-95)108-91)109-90-84(102)81(99)80(98)76(70-93)106-90/h21,23,50,52,58,60,66,68,74-78,80-91,93-96,98-104H,3-20,22,24-49,51,53-57,59,61-65,67,69-73H2,1-2H3,(H,92,97)/b23-21-,52-50+,60-58+,68-66+. The molecule has 0 radical (unpaired) electrons. The molecule has 0 bridgehead atoms. The van der Waals surface area contributed by atoms with Crippen molar-refractivity contribution < 1.29 is 89.4 Å². The first-order valence-corrected chi connectivity index (χ1v) is 45.9. The van der Waals surface area contributed by atoms with E-state index in [1.807, 2.05) is 6.08 Å². The zero-order valence-corrected chi connectivity index (χ0v) is 69.8. The van der Waals surface area contributed by atoms with Gasteiger partial charge in [0.1, 0.15) is 73.2 Å². The van der Waals surface area contributed by atoms with Gasteiger partial charge in [-0.2, -0.15) is 0 Å². The molecule has 3 saturated heterocycles. The van der Waals surface area contributed by atoms with E-state index in [1.165, 1.54) is 315 Å². The van der Waals surface area contributed by atoms with E-state index in [4.69, 9.17) is 28.4 Å². The molecule has 12 N–H and O–H groups in total. The van der Waals surface area contributed by atoms with Gasteiger partial charge < -0.3 is 89.9 Å². The molecular formula is C91H169NO18. The summed E-state index contributed by atoms with van der Waals surface area (Å²) >= 11 is 0. The Morgan fingerprint density at radius 1 is 0.318 bits per heavy atom. The van der Waals surface area contributed by atoms with Crippen molar-refractivity contribution in [2.45, 2.75) is 497 Å². The van der Waals surface area contributed by atoms with Crippen LogP contribution in [0.25, 0.3) is 0 Å². The van der Waals surface area contributed by atoms with Crippen LogP contribution >= 0.6 is 0 Å². The van der Waals surface area contributed by atoms with Crippen LogP contribution in [0.4, 0.5) is 0 Å². The van der Waals surface area contributed by atoms with Crippen LogP contribution in [0.2, 0.25) is 0 Å². The molecule has 3 fully saturated rings. The fourth-order valence-corrected chi connectivity index (χ4v) is 15.5. The predicted molar refractivity (Wildman–Crippen MR) is 443 cm³/mol. The normalized spacial score (nSPS) is 25.3. The minimum Gasteiger partial charge on any atom is -0.394 e. The molecule has 19 nitrogen and oxygen atoms in total. The minimum absolute atomic E-state index is 0.235. The first-order chi connectivity index (χ1) is 53.8. The molecule has 0 saturated carbocycles. The maximum atomic E-state index is 13.5. The van der Waals surface area contributed by atoms with E-state index in [2.05, 4.69) is 55.6 Å². The topological polar surface area (TPSA) is 307 Å².